The largest absolute Gasteiger partial charge is 0.376 e. The minimum atomic E-state index is -0.196. The van der Waals surface area contributed by atoms with Gasteiger partial charge in [0.2, 0.25) is 0 Å². The van der Waals surface area contributed by atoms with Crippen LogP contribution in [0.4, 0.5) is 62.6 Å². The van der Waals surface area contributed by atoms with Crippen molar-refractivity contribution >= 4 is 103 Å². The summed E-state index contributed by atoms with van der Waals surface area (Å²) < 4.78 is 0. The monoisotopic (exact) mass is 840 g/mol. The number of hydrogen-bond donors (Lipinski definition) is 0. The van der Waals surface area contributed by atoms with E-state index < -0.39 is 0 Å². The van der Waals surface area contributed by atoms with Gasteiger partial charge in [0, 0.05) is 68.0 Å². The summed E-state index contributed by atoms with van der Waals surface area (Å²) in [6, 6.07) is 93.4. The molecule has 0 fully saturated rings. The first-order valence-electron chi connectivity index (χ1n) is 22.8. The van der Waals surface area contributed by atoms with Crippen molar-refractivity contribution in [2.45, 2.75) is 0 Å². The lowest BCUT2D eigenvalue weighted by Crippen LogP contribution is -2.64. The van der Waals surface area contributed by atoms with Crippen molar-refractivity contribution in [3.63, 3.8) is 0 Å². The van der Waals surface area contributed by atoms with E-state index in [0.717, 1.165) is 39.8 Å². The third-order valence-corrected chi connectivity index (χ3v) is 13.6. The summed E-state index contributed by atoms with van der Waals surface area (Å²) >= 11 is 0. The molecular formula is C60H42B2N4. The van der Waals surface area contributed by atoms with Gasteiger partial charge in [-0.05, 0) is 113 Å². The molecule has 0 amide bonds. The summed E-state index contributed by atoms with van der Waals surface area (Å²) in [5.74, 6) is 0. The van der Waals surface area contributed by atoms with Gasteiger partial charge < -0.3 is 19.5 Å². The van der Waals surface area contributed by atoms with Crippen molar-refractivity contribution in [3.05, 3.63) is 255 Å². The van der Waals surface area contributed by atoms with Crippen molar-refractivity contribution in [3.8, 4) is 11.1 Å². The normalized spacial score (nSPS) is 13.0. The van der Waals surface area contributed by atoms with E-state index in [9.17, 15) is 0 Å². The zero-order valence-electron chi connectivity index (χ0n) is 36.2. The molecule has 0 atom stereocenters. The van der Waals surface area contributed by atoms with Crippen LogP contribution in [-0.4, -0.2) is 13.6 Å². The lowest BCUT2D eigenvalue weighted by Gasteiger charge is -2.48. The molecule has 0 aliphatic carbocycles. The second kappa shape index (κ2) is 15.7. The van der Waals surface area contributed by atoms with Crippen molar-refractivity contribution in [2.75, 3.05) is 19.5 Å². The van der Waals surface area contributed by atoms with Crippen LogP contribution in [0.2, 0.25) is 0 Å². The second-order valence-electron chi connectivity index (χ2n) is 17.2. The van der Waals surface area contributed by atoms with Gasteiger partial charge in [0.25, 0.3) is 6.71 Å². The Morgan fingerprint density at radius 1 is 0.333 bits per heavy atom. The second-order valence-corrected chi connectivity index (χ2v) is 17.2. The molecule has 0 unspecified atom stereocenters. The quantitative estimate of drug-likeness (QED) is 0.148. The molecule has 0 saturated carbocycles. The fraction of sp³-hybridized carbons (Fsp3) is 0. The predicted octanol–water partition coefficient (Wildman–Crippen LogP) is 12.2. The summed E-state index contributed by atoms with van der Waals surface area (Å²) in [4.78, 5) is 10.1. The maximum atomic E-state index is 2.59. The van der Waals surface area contributed by atoms with Crippen LogP contribution in [0.25, 0.3) is 11.1 Å². The third-order valence-electron chi connectivity index (χ3n) is 13.6. The van der Waals surface area contributed by atoms with Gasteiger partial charge >= 0.3 is 6.85 Å². The molecular weight excluding hydrogens is 798 g/mol. The summed E-state index contributed by atoms with van der Waals surface area (Å²) in [6.07, 6.45) is 0. The first-order valence-corrected chi connectivity index (χ1v) is 22.8. The highest BCUT2D eigenvalue weighted by Gasteiger charge is 2.48. The lowest BCUT2D eigenvalue weighted by atomic mass is 9.32. The topological polar surface area (TPSA) is 13.0 Å². The van der Waals surface area contributed by atoms with Crippen LogP contribution in [0.5, 0.6) is 0 Å². The molecule has 0 spiro atoms. The van der Waals surface area contributed by atoms with E-state index in [1.165, 1.54) is 61.2 Å². The minimum absolute atomic E-state index is 0.00988. The van der Waals surface area contributed by atoms with Gasteiger partial charge in [0.05, 0.1) is 5.69 Å². The lowest BCUT2D eigenvalue weighted by molar-refractivity contribution is 1.25. The van der Waals surface area contributed by atoms with E-state index in [2.05, 4.69) is 274 Å². The number of rotatable bonds is 7. The van der Waals surface area contributed by atoms with Crippen molar-refractivity contribution in [2.24, 2.45) is 0 Å². The van der Waals surface area contributed by atoms with Crippen LogP contribution < -0.4 is 46.8 Å². The molecule has 13 rings (SSSR count). The number of hydrogen-bond acceptors (Lipinski definition) is 4. The molecule has 3 heterocycles. The molecule has 0 saturated heterocycles. The van der Waals surface area contributed by atoms with Gasteiger partial charge in [-0.2, -0.15) is 0 Å². The fourth-order valence-corrected chi connectivity index (χ4v) is 11.0. The summed E-state index contributed by atoms with van der Waals surface area (Å²) in [5.41, 5.74) is 21.5. The SMILES string of the molecule is c1ccc(B2c3cc4c5c(c3-c3ccc(N(c6ccccc6)c6ccccc6)cc3N2c2ccccc2)N(c2ccccc2)c2ccccc2B5c2ccccc2N4c2ccccc2)cc1. The molecule has 10 aromatic rings. The van der Waals surface area contributed by atoms with Crippen LogP contribution in [0.3, 0.4) is 0 Å². The Morgan fingerprint density at radius 2 is 0.803 bits per heavy atom. The van der Waals surface area contributed by atoms with Gasteiger partial charge in [-0.25, -0.2) is 0 Å². The van der Waals surface area contributed by atoms with Crippen LogP contribution in [0.1, 0.15) is 0 Å². The van der Waals surface area contributed by atoms with Gasteiger partial charge in [0.15, 0.2) is 0 Å². The molecule has 3 aliphatic rings. The minimum Gasteiger partial charge on any atom is -0.376 e. The number of nitrogens with zero attached hydrogens (tertiary/aromatic N) is 4. The molecule has 6 heteroatoms. The molecule has 0 radical (unpaired) electrons. The molecule has 308 valence electrons. The number of anilines is 11. The smallest absolute Gasteiger partial charge is 0.328 e. The van der Waals surface area contributed by atoms with Crippen molar-refractivity contribution in [1.82, 2.24) is 0 Å². The van der Waals surface area contributed by atoms with E-state index in [1.54, 1.807) is 0 Å². The molecule has 0 N–H and O–H groups in total. The van der Waals surface area contributed by atoms with E-state index in [0.29, 0.717) is 0 Å². The molecule has 0 aromatic heterocycles. The summed E-state index contributed by atoms with van der Waals surface area (Å²) in [5, 5.41) is 0. The van der Waals surface area contributed by atoms with Crippen LogP contribution in [0, 0.1) is 0 Å². The maximum absolute atomic E-state index is 2.59. The van der Waals surface area contributed by atoms with Gasteiger partial charge in [-0.1, -0.05) is 169 Å². The van der Waals surface area contributed by atoms with Gasteiger partial charge in [-0.15, -0.1) is 0 Å². The van der Waals surface area contributed by atoms with Gasteiger partial charge in [0.1, 0.15) is 0 Å². The molecule has 10 aromatic carbocycles. The Morgan fingerprint density at radius 3 is 1.38 bits per heavy atom. The summed E-state index contributed by atoms with van der Waals surface area (Å²) in [6.45, 7) is -0.206. The summed E-state index contributed by atoms with van der Waals surface area (Å²) in [7, 11) is 0. The average Bonchev–Trinajstić information content (AvgIpc) is 3.39. The van der Waals surface area contributed by atoms with E-state index in [4.69, 9.17) is 0 Å². The Bertz CT molecular complexity index is 3340. The first kappa shape index (κ1) is 38.0. The van der Waals surface area contributed by atoms with E-state index in [-0.39, 0.29) is 13.6 Å². The molecule has 0 bridgehead atoms. The van der Waals surface area contributed by atoms with Crippen molar-refractivity contribution in [1.29, 1.82) is 0 Å². The molecule has 3 aliphatic heterocycles. The highest BCUT2D eigenvalue weighted by atomic mass is 15.2. The number of para-hydroxylation sites is 7. The Labute approximate surface area is 387 Å². The third kappa shape index (κ3) is 5.95. The molecule has 66 heavy (non-hydrogen) atoms. The predicted molar refractivity (Wildman–Crippen MR) is 281 cm³/mol. The Kier molecular flexibility index (Phi) is 9.02. The fourth-order valence-electron chi connectivity index (χ4n) is 11.0. The number of fused-ring (bicyclic) bond motifs is 8. The van der Waals surface area contributed by atoms with Crippen molar-refractivity contribution < 1.29 is 0 Å². The zero-order valence-corrected chi connectivity index (χ0v) is 36.2. The molecule has 4 nitrogen and oxygen atoms in total. The van der Waals surface area contributed by atoms with Crippen LogP contribution in [-0.2, 0) is 0 Å². The number of benzene rings is 10. The zero-order chi connectivity index (χ0) is 43.6. The van der Waals surface area contributed by atoms with Crippen LogP contribution in [0.15, 0.2) is 255 Å². The Balaban J connectivity index is 1.20. The van der Waals surface area contributed by atoms with Crippen LogP contribution >= 0.6 is 0 Å². The highest BCUT2D eigenvalue weighted by molar-refractivity contribution is 7.01. The first-order chi connectivity index (χ1) is 32.8. The maximum Gasteiger partial charge on any atom is 0.328 e. The Hall–Kier alpha value is -8.47. The van der Waals surface area contributed by atoms with E-state index in [1.807, 2.05) is 0 Å². The van der Waals surface area contributed by atoms with Gasteiger partial charge in [-0.3, -0.25) is 0 Å². The average molecular weight is 841 g/mol. The highest BCUT2D eigenvalue weighted by Crippen LogP contribution is 2.52. The van der Waals surface area contributed by atoms with E-state index >= 15 is 0 Å². The standard InChI is InChI=1S/C60H42B2N4/c1-7-23-43(24-8-1)62-53-42-57-59-60(58(53)50-40-39-49(41-56(50)66(62)48-33-17-6-18-34-48)63(44-25-9-2-10-26-44)45-27-11-3-12-28-45)65(47-31-15-5-16-32-47)55-38-22-20-36-52(55)61(59)51-35-19-21-37-54(51)64(57)46-29-13-4-14-30-46/h1-42H.